The second kappa shape index (κ2) is 6.99. The van der Waals surface area contributed by atoms with E-state index in [1.807, 2.05) is 65.8 Å². The van der Waals surface area contributed by atoms with E-state index in [9.17, 15) is 9.59 Å². The fourth-order valence-electron chi connectivity index (χ4n) is 3.46. The van der Waals surface area contributed by atoms with E-state index < -0.39 is 7.92 Å². The van der Waals surface area contributed by atoms with Gasteiger partial charge in [0.2, 0.25) is 0 Å². The molecule has 0 aliphatic rings. The third-order valence-electron chi connectivity index (χ3n) is 4.39. The largest absolute Gasteiger partial charge is 0.289 e. The summed E-state index contributed by atoms with van der Waals surface area (Å²) in [7, 11) is -1.42. The SMILES string of the molecule is Cc1cc(C)c(C(=O)P(C)C(=O)c2c(C)cc(C)cc2C)c(C)c1. The van der Waals surface area contributed by atoms with Crippen LogP contribution < -0.4 is 0 Å². The van der Waals surface area contributed by atoms with Crippen LogP contribution in [0, 0.1) is 41.5 Å². The average molecular weight is 340 g/mol. The van der Waals surface area contributed by atoms with Crippen LogP contribution >= 0.6 is 7.92 Å². The van der Waals surface area contributed by atoms with Crippen LogP contribution in [-0.2, 0) is 0 Å². The molecule has 0 unspecified atom stereocenters. The fourth-order valence-corrected chi connectivity index (χ4v) is 5.02. The molecule has 0 heterocycles. The van der Waals surface area contributed by atoms with Crippen molar-refractivity contribution in [3.63, 3.8) is 0 Å². The molecule has 24 heavy (non-hydrogen) atoms. The first-order chi connectivity index (χ1) is 11.1. The monoisotopic (exact) mass is 340 g/mol. The van der Waals surface area contributed by atoms with Gasteiger partial charge in [-0.25, -0.2) is 0 Å². The van der Waals surface area contributed by atoms with Crippen LogP contribution in [0.25, 0.3) is 0 Å². The van der Waals surface area contributed by atoms with E-state index in [1.165, 1.54) is 0 Å². The molecule has 126 valence electrons. The quantitative estimate of drug-likeness (QED) is 0.676. The summed E-state index contributed by atoms with van der Waals surface area (Å²) in [5.41, 5.74) is 7.48. The Kier molecular flexibility index (Phi) is 5.40. The first kappa shape index (κ1) is 18.5. The van der Waals surface area contributed by atoms with Crippen molar-refractivity contribution in [1.82, 2.24) is 0 Å². The van der Waals surface area contributed by atoms with Crippen molar-refractivity contribution >= 4 is 19.0 Å². The number of carbonyl (C=O) groups is 2. The lowest BCUT2D eigenvalue weighted by atomic mass is 10.0. The van der Waals surface area contributed by atoms with Gasteiger partial charge in [0.25, 0.3) is 0 Å². The molecule has 0 aliphatic heterocycles. The van der Waals surface area contributed by atoms with E-state index in [-0.39, 0.29) is 11.0 Å². The maximum absolute atomic E-state index is 13.0. The zero-order valence-corrected chi connectivity index (χ0v) is 16.5. The van der Waals surface area contributed by atoms with Crippen molar-refractivity contribution in [2.75, 3.05) is 6.66 Å². The first-order valence-corrected chi connectivity index (χ1v) is 9.90. The number of carbonyl (C=O) groups excluding carboxylic acids is 2. The van der Waals surface area contributed by atoms with Crippen LogP contribution in [0.15, 0.2) is 24.3 Å². The van der Waals surface area contributed by atoms with Crippen LogP contribution in [0.4, 0.5) is 0 Å². The summed E-state index contributed by atoms with van der Waals surface area (Å²) in [4.78, 5) is 26.0. The predicted octanol–water partition coefficient (Wildman–Crippen LogP) is 5.63. The summed E-state index contributed by atoms with van der Waals surface area (Å²) in [5, 5.41) is 0. The summed E-state index contributed by atoms with van der Waals surface area (Å²) in [5.74, 6) is 0. The third-order valence-corrected chi connectivity index (χ3v) is 6.06. The standard InChI is InChI=1S/C21H25O2P/c1-12-8-14(3)18(15(4)9-12)20(22)24(7)21(23)19-16(5)10-13(2)11-17(19)6/h8-11H,1-7H3. The number of aryl methyl sites for hydroxylation is 6. The van der Waals surface area contributed by atoms with Crippen molar-refractivity contribution in [1.29, 1.82) is 0 Å². The van der Waals surface area contributed by atoms with Gasteiger partial charge < -0.3 is 0 Å². The van der Waals surface area contributed by atoms with Gasteiger partial charge in [0, 0.05) is 19.0 Å². The molecular formula is C21H25O2P. The highest BCUT2D eigenvalue weighted by molar-refractivity contribution is 7.89. The van der Waals surface area contributed by atoms with Gasteiger partial charge in [-0.1, -0.05) is 35.4 Å². The topological polar surface area (TPSA) is 34.1 Å². The van der Waals surface area contributed by atoms with Gasteiger partial charge in [-0.3, -0.25) is 9.59 Å². The molecule has 0 aromatic heterocycles. The number of benzene rings is 2. The lowest BCUT2D eigenvalue weighted by Crippen LogP contribution is -2.11. The number of rotatable bonds is 4. The smallest absolute Gasteiger partial charge is 0.192 e. The minimum atomic E-state index is -1.42. The Morgan fingerprint density at radius 1 is 0.625 bits per heavy atom. The molecule has 0 fully saturated rings. The second-order valence-corrected chi connectivity index (χ2v) is 8.65. The molecule has 0 spiro atoms. The van der Waals surface area contributed by atoms with Gasteiger partial charge in [-0.2, -0.15) is 0 Å². The van der Waals surface area contributed by atoms with Gasteiger partial charge in [-0.15, -0.1) is 0 Å². The summed E-state index contributed by atoms with van der Waals surface area (Å²) < 4.78 is 0. The lowest BCUT2D eigenvalue weighted by Gasteiger charge is -2.17. The molecule has 2 aromatic rings. The average Bonchev–Trinajstić information content (AvgIpc) is 2.43. The Balaban J connectivity index is 2.44. The van der Waals surface area contributed by atoms with Gasteiger partial charge in [0.1, 0.15) is 0 Å². The molecule has 0 bridgehead atoms. The van der Waals surface area contributed by atoms with Crippen molar-refractivity contribution < 1.29 is 9.59 Å². The molecule has 2 nitrogen and oxygen atoms in total. The minimum absolute atomic E-state index is 0.0237. The highest BCUT2D eigenvalue weighted by Crippen LogP contribution is 2.42. The molecule has 3 heteroatoms. The Labute approximate surface area is 146 Å². The Morgan fingerprint density at radius 3 is 1.12 bits per heavy atom. The zero-order valence-electron chi connectivity index (χ0n) is 15.6. The minimum Gasteiger partial charge on any atom is -0.289 e. The van der Waals surface area contributed by atoms with Crippen molar-refractivity contribution in [2.24, 2.45) is 0 Å². The summed E-state index contributed by atoms with van der Waals surface area (Å²) in [6.07, 6.45) is 0. The van der Waals surface area contributed by atoms with Crippen molar-refractivity contribution in [3.05, 3.63) is 68.8 Å². The molecule has 2 aromatic carbocycles. The molecule has 0 atom stereocenters. The van der Waals surface area contributed by atoms with Crippen molar-refractivity contribution in [2.45, 2.75) is 41.5 Å². The summed E-state index contributed by atoms with van der Waals surface area (Å²) in [6.45, 7) is 13.6. The van der Waals surface area contributed by atoms with E-state index in [0.717, 1.165) is 33.4 Å². The number of hydrogen-bond acceptors (Lipinski definition) is 2. The molecular weight excluding hydrogens is 315 g/mol. The van der Waals surface area contributed by atoms with Crippen LogP contribution in [0.5, 0.6) is 0 Å². The Morgan fingerprint density at radius 2 is 0.875 bits per heavy atom. The Hall–Kier alpha value is -1.79. The van der Waals surface area contributed by atoms with Crippen molar-refractivity contribution in [3.8, 4) is 0 Å². The normalized spacial score (nSPS) is 11.0. The molecule has 0 amide bonds. The number of hydrogen-bond donors (Lipinski definition) is 0. The highest BCUT2D eigenvalue weighted by atomic mass is 31.1. The van der Waals surface area contributed by atoms with Gasteiger partial charge in [0.05, 0.1) is 0 Å². The Bertz CT molecular complexity index is 718. The molecule has 0 N–H and O–H groups in total. The van der Waals surface area contributed by atoms with E-state index in [2.05, 4.69) is 0 Å². The molecule has 0 radical (unpaired) electrons. The predicted molar refractivity (Wildman–Crippen MR) is 103 cm³/mol. The maximum Gasteiger partial charge on any atom is 0.192 e. The van der Waals surface area contributed by atoms with E-state index in [0.29, 0.717) is 11.1 Å². The van der Waals surface area contributed by atoms with E-state index in [1.54, 1.807) is 6.66 Å². The van der Waals surface area contributed by atoms with E-state index >= 15 is 0 Å². The van der Waals surface area contributed by atoms with Crippen LogP contribution in [-0.4, -0.2) is 17.7 Å². The van der Waals surface area contributed by atoms with Crippen LogP contribution in [0.1, 0.15) is 54.1 Å². The molecule has 0 saturated carbocycles. The molecule has 2 rings (SSSR count). The fraction of sp³-hybridized carbons (Fsp3) is 0.333. The molecule has 0 saturated heterocycles. The van der Waals surface area contributed by atoms with Gasteiger partial charge in [-0.05, 0) is 70.5 Å². The summed E-state index contributed by atoms with van der Waals surface area (Å²) in [6, 6.07) is 8.04. The van der Waals surface area contributed by atoms with Crippen LogP contribution in [0.2, 0.25) is 0 Å². The highest BCUT2D eigenvalue weighted by Gasteiger charge is 2.28. The third kappa shape index (κ3) is 3.49. The first-order valence-electron chi connectivity index (χ1n) is 8.11. The van der Waals surface area contributed by atoms with Crippen LogP contribution in [0.3, 0.4) is 0 Å². The zero-order chi connectivity index (χ0) is 18.2. The maximum atomic E-state index is 13.0. The molecule has 0 aliphatic carbocycles. The second-order valence-electron chi connectivity index (χ2n) is 6.72. The van der Waals surface area contributed by atoms with Gasteiger partial charge >= 0.3 is 0 Å². The van der Waals surface area contributed by atoms with Gasteiger partial charge in [0.15, 0.2) is 11.0 Å². The lowest BCUT2D eigenvalue weighted by molar-refractivity contribution is 0.105. The summed E-state index contributed by atoms with van der Waals surface area (Å²) >= 11 is 0. The van der Waals surface area contributed by atoms with E-state index in [4.69, 9.17) is 0 Å².